The van der Waals surface area contributed by atoms with Crippen LogP contribution in [0.1, 0.15) is 17.5 Å². The van der Waals surface area contributed by atoms with Crippen LogP contribution < -0.4 is 4.74 Å². The molecule has 2 saturated heterocycles. The largest absolute Gasteiger partial charge is 0.493 e. The number of likely N-dealkylation sites (tertiary alicyclic amines) is 1. The molecule has 1 unspecified atom stereocenters. The van der Waals surface area contributed by atoms with Gasteiger partial charge in [-0.2, -0.15) is 0 Å². The molecule has 7 heteroatoms. The molecule has 0 aromatic heterocycles. The van der Waals surface area contributed by atoms with Gasteiger partial charge >= 0.3 is 0 Å². The first-order chi connectivity index (χ1) is 13.4. The smallest absolute Gasteiger partial charge is 0.241 e. The molecule has 0 saturated carbocycles. The number of amides is 2. The van der Waals surface area contributed by atoms with E-state index in [-0.39, 0.29) is 23.5 Å². The number of morpholine rings is 1. The van der Waals surface area contributed by atoms with Crippen LogP contribution in [0.5, 0.6) is 5.75 Å². The number of nitrogens with zero attached hydrogens (tertiary/aromatic N) is 3. The van der Waals surface area contributed by atoms with Crippen molar-refractivity contribution in [1.29, 1.82) is 0 Å². The number of fused-ring (bicyclic) bond motifs is 1. The second-order valence-corrected chi connectivity index (χ2v) is 8.48. The molecule has 152 valence electrons. The lowest BCUT2D eigenvalue weighted by Crippen LogP contribution is -2.73. The van der Waals surface area contributed by atoms with Crippen molar-refractivity contribution in [3.63, 3.8) is 0 Å². The van der Waals surface area contributed by atoms with Gasteiger partial charge in [0, 0.05) is 20.6 Å². The minimum atomic E-state index is -0.336. The van der Waals surface area contributed by atoms with Crippen LogP contribution in [0.25, 0.3) is 0 Å². The molecule has 4 rings (SSSR count). The lowest BCUT2D eigenvalue weighted by atomic mass is 9.89. The van der Waals surface area contributed by atoms with E-state index in [9.17, 15) is 9.59 Å². The van der Waals surface area contributed by atoms with Crippen molar-refractivity contribution in [2.75, 3.05) is 54.0 Å². The molecule has 1 spiro atoms. The van der Waals surface area contributed by atoms with Gasteiger partial charge in [-0.1, -0.05) is 12.1 Å². The zero-order valence-corrected chi connectivity index (χ0v) is 16.9. The van der Waals surface area contributed by atoms with Crippen molar-refractivity contribution in [1.82, 2.24) is 14.7 Å². The van der Waals surface area contributed by atoms with E-state index in [1.54, 1.807) is 19.0 Å². The molecule has 7 nitrogen and oxygen atoms in total. The maximum Gasteiger partial charge on any atom is 0.241 e. The monoisotopic (exact) mass is 387 g/mol. The normalized spacial score (nSPS) is 23.5. The molecule has 1 aromatic rings. The maximum absolute atomic E-state index is 12.7. The summed E-state index contributed by atoms with van der Waals surface area (Å²) in [5.41, 5.74) is 1.90. The molecule has 0 aliphatic carbocycles. The van der Waals surface area contributed by atoms with Gasteiger partial charge in [0.15, 0.2) is 0 Å². The van der Waals surface area contributed by atoms with Crippen molar-refractivity contribution >= 4 is 11.8 Å². The zero-order valence-electron chi connectivity index (χ0n) is 16.9. The zero-order chi connectivity index (χ0) is 19.9. The third-order valence-corrected chi connectivity index (χ3v) is 5.98. The van der Waals surface area contributed by atoms with Gasteiger partial charge in [-0.3, -0.25) is 14.5 Å². The highest BCUT2D eigenvalue weighted by Gasteiger charge is 2.51. The summed E-state index contributed by atoms with van der Waals surface area (Å²) in [5, 5.41) is 0. The number of carbonyl (C=O) groups is 2. The number of rotatable bonds is 3. The van der Waals surface area contributed by atoms with Crippen molar-refractivity contribution in [3.05, 3.63) is 29.3 Å². The Hall–Kier alpha value is -2.12. The Morgan fingerprint density at radius 1 is 1.25 bits per heavy atom. The van der Waals surface area contributed by atoms with Crippen LogP contribution in [-0.2, 0) is 27.2 Å². The molecule has 0 N–H and O–H groups in total. The van der Waals surface area contributed by atoms with Crippen molar-refractivity contribution in [2.24, 2.45) is 0 Å². The van der Waals surface area contributed by atoms with Crippen LogP contribution in [-0.4, -0.2) is 92.1 Å². The highest BCUT2D eigenvalue weighted by Crippen LogP contribution is 2.32. The number of ether oxygens (including phenoxy) is 2. The molecule has 3 aliphatic heterocycles. The van der Waals surface area contributed by atoms with E-state index in [1.807, 2.05) is 24.1 Å². The molecule has 3 aliphatic rings. The molecule has 0 radical (unpaired) electrons. The van der Waals surface area contributed by atoms with E-state index in [0.29, 0.717) is 32.7 Å². The average molecular weight is 387 g/mol. The summed E-state index contributed by atoms with van der Waals surface area (Å²) < 4.78 is 11.7. The standard InChI is InChI=1S/C21H29N3O4/c1-22(2)20(26)17-11-28-21(12-23(17)3)13-24(14-21)19(25)10-15-6-7-18-16(9-15)5-4-8-27-18/h6-7,9,17H,4-5,8,10-14H2,1-3H3. The summed E-state index contributed by atoms with van der Waals surface area (Å²) in [6, 6.07) is 5.82. The second kappa shape index (κ2) is 7.37. The Labute approximate surface area is 166 Å². The van der Waals surface area contributed by atoms with Gasteiger partial charge in [-0.15, -0.1) is 0 Å². The Kier molecular flexibility index (Phi) is 5.05. The van der Waals surface area contributed by atoms with Crippen LogP contribution in [0, 0.1) is 0 Å². The SMILES string of the molecule is CN(C)C(=O)C1COC2(CN(C(=O)Cc3ccc4c(c3)CCCO4)C2)CN1C. The fourth-order valence-electron chi connectivity index (χ4n) is 4.38. The Balaban J connectivity index is 1.31. The van der Waals surface area contributed by atoms with Gasteiger partial charge in [-0.05, 0) is 37.1 Å². The number of aryl methyl sites for hydroxylation is 1. The Bertz CT molecular complexity index is 773. The summed E-state index contributed by atoms with van der Waals surface area (Å²) in [6.45, 7) is 2.99. The van der Waals surface area contributed by atoms with Crippen molar-refractivity contribution < 1.29 is 19.1 Å². The van der Waals surface area contributed by atoms with Gasteiger partial charge in [0.25, 0.3) is 0 Å². The molecule has 3 heterocycles. The first-order valence-electron chi connectivity index (χ1n) is 9.95. The van der Waals surface area contributed by atoms with Crippen LogP contribution in [0.2, 0.25) is 0 Å². The average Bonchev–Trinajstić information content (AvgIpc) is 2.65. The summed E-state index contributed by atoms with van der Waals surface area (Å²) in [7, 11) is 5.48. The van der Waals surface area contributed by atoms with E-state index in [2.05, 4.69) is 11.0 Å². The first kappa shape index (κ1) is 19.2. The molecule has 2 fully saturated rings. The van der Waals surface area contributed by atoms with Gasteiger partial charge in [0.2, 0.25) is 11.8 Å². The van der Waals surface area contributed by atoms with E-state index in [0.717, 1.165) is 30.8 Å². The van der Waals surface area contributed by atoms with Crippen LogP contribution >= 0.6 is 0 Å². The van der Waals surface area contributed by atoms with Gasteiger partial charge < -0.3 is 19.3 Å². The molecule has 0 bridgehead atoms. The number of benzene rings is 1. The van der Waals surface area contributed by atoms with E-state index in [4.69, 9.17) is 9.47 Å². The molecule has 2 amide bonds. The van der Waals surface area contributed by atoms with Crippen molar-refractivity contribution in [2.45, 2.75) is 30.9 Å². The fraction of sp³-hybridized carbons (Fsp3) is 0.619. The van der Waals surface area contributed by atoms with E-state index >= 15 is 0 Å². The third-order valence-electron chi connectivity index (χ3n) is 5.98. The third kappa shape index (κ3) is 3.61. The molecule has 1 aromatic carbocycles. The van der Waals surface area contributed by atoms with E-state index in [1.165, 1.54) is 5.56 Å². The summed E-state index contributed by atoms with van der Waals surface area (Å²) in [4.78, 5) is 30.4. The van der Waals surface area contributed by atoms with Crippen LogP contribution in [0.4, 0.5) is 0 Å². The maximum atomic E-state index is 12.7. The van der Waals surface area contributed by atoms with Crippen molar-refractivity contribution in [3.8, 4) is 5.75 Å². The van der Waals surface area contributed by atoms with Crippen LogP contribution in [0.3, 0.4) is 0 Å². The lowest BCUT2D eigenvalue weighted by molar-refractivity contribution is -0.202. The fourth-order valence-corrected chi connectivity index (χ4v) is 4.38. The van der Waals surface area contributed by atoms with E-state index < -0.39 is 0 Å². The van der Waals surface area contributed by atoms with Crippen LogP contribution in [0.15, 0.2) is 18.2 Å². The molecular formula is C21H29N3O4. The predicted octanol–water partition coefficient (Wildman–Crippen LogP) is 0.554. The summed E-state index contributed by atoms with van der Waals surface area (Å²) in [6.07, 6.45) is 2.44. The number of hydrogen-bond acceptors (Lipinski definition) is 5. The summed E-state index contributed by atoms with van der Waals surface area (Å²) >= 11 is 0. The molecule has 28 heavy (non-hydrogen) atoms. The highest BCUT2D eigenvalue weighted by atomic mass is 16.5. The lowest BCUT2D eigenvalue weighted by Gasteiger charge is -2.55. The van der Waals surface area contributed by atoms with Gasteiger partial charge in [-0.25, -0.2) is 0 Å². The number of carbonyl (C=O) groups excluding carboxylic acids is 2. The Morgan fingerprint density at radius 2 is 2.04 bits per heavy atom. The Morgan fingerprint density at radius 3 is 2.75 bits per heavy atom. The molecular weight excluding hydrogens is 358 g/mol. The highest BCUT2D eigenvalue weighted by molar-refractivity contribution is 5.82. The second-order valence-electron chi connectivity index (χ2n) is 8.48. The topological polar surface area (TPSA) is 62.3 Å². The summed E-state index contributed by atoms with van der Waals surface area (Å²) in [5.74, 6) is 1.13. The number of likely N-dealkylation sites (N-methyl/N-ethyl adjacent to an activating group) is 2. The predicted molar refractivity (Wildman–Crippen MR) is 104 cm³/mol. The van der Waals surface area contributed by atoms with Gasteiger partial charge in [0.05, 0.1) is 32.7 Å². The van der Waals surface area contributed by atoms with Gasteiger partial charge in [0.1, 0.15) is 17.4 Å². The minimum absolute atomic E-state index is 0.0565. The minimum Gasteiger partial charge on any atom is -0.493 e. The quantitative estimate of drug-likeness (QED) is 0.758. The molecule has 1 atom stereocenters. The number of hydrogen-bond donors (Lipinski definition) is 0. The first-order valence-corrected chi connectivity index (χ1v) is 9.95.